The number of ether oxygens (including phenoxy) is 1. The van der Waals surface area contributed by atoms with Gasteiger partial charge in [0.25, 0.3) is 0 Å². The van der Waals surface area contributed by atoms with Crippen LogP contribution in [0.25, 0.3) is 0 Å². The molecule has 1 aliphatic rings. The molecule has 1 aliphatic heterocycles. The number of rotatable bonds is 8. The van der Waals surface area contributed by atoms with E-state index < -0.39 is 0 Å². The van der Waals surface area contributed by atoms with Crippen molar-refractivity contribution >= 4 is 17.5 Å². The summed E-state index contributed by atoms with van der Waals surface area (Å²) in [5.74, 6) is 0.269. The second-order valence-corrected chi connectivity index (χ2v) is 7.99. The highest BCUT2D eigenvalue weighted by atomic mass is 16.5. The summed E-state index contributed by atoms with van der Waals surface area (Å²) in [7, 11) is 0. The molecule has 1 heterocycles. The Bertz CT molecular complexity index is 1040. The van der Waals surface area contributed by atoms with E-state index in [1.807, 2.05) is 79.7 Å². The van der Waals surface area contributed by atoms with E-state index in [1.165, 1.54) is 0 Å². The zero-order valence-electron chi connectivity index (χ0n) is 18.2. The number of amides is 2. The Kier molecular flexibility index (Phi) is 6.85. The molecule has 2 amide bonds. The molecule has 0 bridgehead atoms. The molecule has 1 saturated heterocycles. The molecule has 0 saturated carbocycles. The average Bonchev–Trinajstić information content (AvgIpc) is 3.22. The first-order chi connectivity index (χ1) is 15.6. The van der Waals surface area contributed by atoms with E-state index in [2.05, 4.69) is 17.4 Å². The van der Waals surface area contributed by atoms with Crippen molar-refractivity contribution in [2.45, 2.75) is 25.8 Å². The maximum Gasteiger partial charge on any atom is 0.227 e. The van der Waals surface area contributed by atoms with Gasteiger partial charge in [0.2, 0.25) is 11.8 Å². The molecule has 1 N–H and O–H groups in total. The Labute approximate surface area is 189 Å². The minimum absolute atomic E-state index is 0.0337. The fraction of sp³-hybridized carbons (Fsp3) is 0.259. The van der Waals surface area contributed by atoms with E-state index in [0.29, 0.717) is 19.6 Å². The minimum Gasteiger partial charge on any atom is -0.494 e. The fourth-order valence-electron chi connectivity index (χ4n) is 4.10. The van der Waals surface area contributed by atoms with Crippen LogP contribution in [0.5, 0.6) is 5.75 Å². The lowest BCUT2D eigenvalue weighted by Gasteiger charge is -2.22. The molecule has 2 atom stereocenters. The van der Waals surface area contributed by atoms with E-state index >= 15 is 0 Å². The van der Waals surface area contributed by atoms with Crippen LogP contribution < -0.4 is 15.0 Å². The van der Waals surface area contributed by atoms with Crippen molar-refractivity contribution in [1.29, 1.82) is 0 Å². The summed E-state index contributed by atoms with van der Waals surface area (Å²) < 4.78 is 5.48. The van der Waals surface area contributed by atoms with Gasteiger partial charge >= 0.3 is 0 Å². The zero-order chi connectivity index (χ0) is 22.3. The SMILES string of the molecule is CCOc1ccc(N2C[C@H](C(=O)N[C@H](Cc3ccccc3)c3ccccc3)CC2=O)cc1. The predicted molar refractivity (Wildman–Crippen MR) is 126 cm³/mol. The molecular weight excluding hydrogens is 400 g/mol. The number of carbonyl (C=O) groups excluding carboxylic acids is 2. The van der Waals surface area contributed by atoms with Crippen molar-refractivity contribution in [2.24, 2.45) is 5.92 Å². The van der Waals surface area contributed by atoms with E-state index in [-0.39, 0.29) is 30.2 Å². The van der Waals surface area contributed by atoms with E-state index in [4.69, 9.17) is 4.74 Å². The molecule has 5 heteroatoms. The quantitative estimate of drug-likeness (QED) is 0.573. The Morgan fingerprint density at radius 2 is 1.66 bits per heavy atom. The zero-order valence-corrected chi connectivity index (χ0v) is 18.2. The average molecular weight is 429 g/mol. The van der Waals surface area contributed by atoms with Gasteiger partial charge < -0.3 is 15.0 Å². The first-order valence-corrected chi connectivity index (χ1v) is 11.1. The number of anilines is 1. The van der Waals surface area contributed by atoms with Crippen molar-refractivity contribution < 1.29 is 14.3 Å². The maximum atomic E-state index is 13.2. The summed E-state index contributed by atoms with van der Waals surface area (Å²) >= 11 is 0. The minimum atomic E-state index is -0.379. The van der Waals surface area contributed by atoms with Gasteiger partial charge in [-0.15, -0.1) is 0 Å². The third-order valence-corrected chi connectivity index (χ3v) is 5.76. The molecule has 0 aliphatic carbocycles. The van der Waals surface area contributed by atoms with Crippen molar-refractivity contribution in [2.75, 3.05) is 18.1 Å². The van der Waals surface area contributed by atoms with Crippen LogP contribution in [0.3, 0.4) is 0 Å². The third-order valence-electron chi connectivity index (χ3n) is 5.76. The highest BCUT2D eigenvalue weighted by molar-refractivity contribution is 6.00. The third kappa shape index (κ3) is 5.17. The number of carbonyl (C=O) groups is 2. The predicted octanol–water partition coefficient (Wildman–Crippen LogP) is 4.54. The Hall–Kier alpha value is -3.60. The van der Waals surface area contributed by atoms with Gasteiger partial charge in [-0.05, 0) is 48.7 Å². The topological polar surface area (TPSA) is 58.6 Å². The van der Waals surface area contributed by atoms with Crippen LogP contribution in [0, 0.1) is 5.92 Å². The summed E-state index contributed by atoms with van der Waals surface area (Å²) in [4.78, 5) is 27.5. The number of hydrogen-bond donors (Lipinski definition) is 1. The van der Waals surface area contributed by atoms with Crippen molar-refractivity contribution in [1.82, 2.24) is 5.32 Å². The second kappa shape index (κ2) is 10.1. The van der Waals surface area contributed by atoms with Crippen LogP contribution in [-0.4, -0.2) is 25.0 Å². The van der Waals surface area contributed by atoms with Gasteiger partial charge in [-0.2, -0.15) is 0 Å². The van der Waals surface area contributed by atoms with Crippen LogP contribution in [-0.2, 0) is 16.0 Å². The monoisotopic (exact) mass is 428 g/mol. The molecule has 0 aromatic heterocycles. The maximum absolute atomic E-state index is 13.2. The molecule has 0 radical (unpaired) electrons. The van der Waals surface area contributed by atoms with Gasteiger partial charge in [0.05, 0.1) is 18.6 Å². The summed E-state index contributed by atoms with van der Waals surface area (Å²) in [5, 5.41) is 3.20. The van der Waals surface area contributed by atoms with E-state index in [0.717, 1.165) is 22.6 Å². The lowest BCUT2D eigenvalue weighted by molar-refractivity contribution is -0.127. The first kappa shape index (κ1) is 21.6. The van der Waals surface area contributed by atoms with Crippen molar-refractivity contribution in [3.05, 3.63) is 96.1 Å². The Morgan fingerprint density at radius 3 is 2.31 bits per heavy atom. The van der Waals surface area contributed by atoms with Crippen LogP contribution in [0.15, 0.2) is 84.9 Å². The number of nitrogens with zero attached hydrogens (tertiary/aromatic N) is 1. The van der Waals surface area contributed by atoms with Crippen LogP contribution in [0.4, 0.5) is 5.69 Å². The summed E-state index contributed by atoms with van der Waals surface area (Å²) in [6.07, 6.45) is 0.908. The first-order valence-electron chi connectivity index (χ1n) is 11.1. The summed E-state index contributed by atoms with van der Waals surface area (Å²) in [6.45, 7) is 2.91. The van der Waals surface area contributed by atoms with Gasteiger partial charge in [-0.3, -0.25) is 9.59 Å². The molecule has 0 spiro atoms. The molecule has 1 fully saturated rings. The van der Waals surface area contributed by atoms with Crippen LogP contribution >= 0.6 is 0 Å². The van der Waals surface area contributed by atoms with Gasteiger partial charge in [0, 0.05) is 18.7 Å². The van der Waals surface area contributed by atoms with Gasteiger partial charge in [-0.1, -0.05) is 60.7 Å². The standard InChI is InChI=1S/C27H28N2O3/c1-2-32-24-15-13-23(14-16-24)29-19-22(18-26(29)30)27(31)28-25(21-11-7-4-8-12-21)17-20-9-5-3-6-10-20/h3-16,22,25H,2,17-19H2,1H3,(H,28,31)/t22-,25-/m1/s1. The van der Waals surface area contributed by atoms with Crippen LogP contribution in [0.2, 0.25) is 0 Å². The molecular formula is C27H28N2O3. The van der Waals surface area contributed by atoms with Gasteiger partial charge in [0.1, 0.15) is 5.75 Å². The fourth-order valence-corrected chi connectivity index (χ4v) is 4.10. The number of nitrogens with one attached hydrogen (secondary N) is 1. The Balaban J connectivity index is 1.45. The van der Waals surface area contributed by atoms with Crippen molar-refractivity contribution in [3.63, 3.8) is 0 Å². The number of hydrogen-bond acceptors (Lipinski definition) is 3. The molecule has 4 rings (SSSR count). The normalized spacial score (nSPS) is 16.6. The molecule has 5 nitrogen and oxygen atoms in total. The molecule has 3 aromatic carbocycles. The van der Waals surface area contributed by atoms with E-state index in [1.54, 1.807) is 4.90 Å². The molecule has 3 aromatic rings. The lowest BCUT2D eigenvalue weighted by Crippen LogP contribution is -2.36. The van der Waals surface area contributed by atoms with Gasteiger partial charge in [-0.25, -0.2) is 0 Å². The van der Waals surface area contributed by atoms with E-state index in [9.17, 15) is 9.59 Å². The highest BCUT2D eigenvalue weighted by Gasteiger charge is 2.36. The lowest BCUT2D eigenvalue weighted by atomic mass is 9.97. The summed E-state index contributed by atoms with van der Waals surface area (Å²) in [5.41, 5.74) is 3.00. The highest BCUT2D eigenvalue weighted by Crippen LogP contribution is 2.28. The Morgan fingerprint density at radius 1 is 1.00 bits per heavy atom. The molecule has 0 unspecified atom stereocenters. The van der Waals surface area contributed by atoms with Gasteiger partial charge in [0.15, 0.2) is 0 Å². The van der Waals surface area contributed by atoms with Crippen LogP contribution in [0.1, 0.15) is 30.5 Å². The smallest absolute Gasteiger partial charge is 0.227 e. The molecule has 32 heavy (non-hydrogen) atoms. The number of benzene rings is 3. The largest absolute Gasteiger partial charge is 0.494 e. The summed E-state index contributed by atoms with van der Waals surface area (Å²) in [6, 6.07) is 27.4. The van der Waals surface area contributed by atoms with Crippen molar-refractivity contribution in [3.8, 4) is 5.75 Å². The second-order valence-electron chi connectivity index (χ2n) is 7.99. The molecule has 164 valence electrons.